The Morgan fingerprint density at radius 2 is 1.30 bits per heavy atom. The molecule has 37 heavy (non-hydrogen) atoms. The molecule has 1 aliphatic rings. The second-order valence-corrected chi connectivity index (χ2v) is 10.4. The standard InChI is InChI=1S/C29H27NO6S/c1-19-10-14-22(15-11-19)25-18-24(21-8-6-5-7-9-21)26(28(31)35-3)27(29(32)36-4)30(25)37(33,34)23-16-12-20(2)13-17-23/h5-18,25H,1-4H3. The maximum absolute atomic E-state index is 14.2. The Labute approximate surface area is 216 Å². The maximum atomic E-state index is 14.2. The van der Waals surface area contributed by atoms with Crippen LogP contribution in [0.3, 0.4) is 0 Å². The van der Waals surface area contributed by atoms with Crippen molar-refractivity contribution in [2.75, 3.05) is 14.2 Å². The molecule has 0 N–H and O–H groups in total. The van der Waals surface area contributed by atoms with Crippen LogP contribution >= 0.6 is 0 Å². The first-order valence-electron chi connectivity index (χ1n) is 11.5. The lowest BCUT2D eigenvalue weighted by Crippen LogP contribution is -2.41. The summed E-state index contributed by atoms with van der Waals surface area (Å²) in [5.41, 5.74) is 2.85. The Morgan fingerprint density at radius 3 is 1.84 bits per heavy atom. The summed E-state index contributed by atoms with van der Waals surface area (Å²) in [5, 5.41) is 0. The minimum atomic E-state index is -4.35. The Kier molecular flexibility index (Phi) is 7.31. The first-order chi connectivity index (χ1) is 17.7. The van der Waals surface area contributed by atoms with Gasteiger partial charge in [0.1, 0.15) is 0 Å². The van der Waals surface area contributed by atoms with Crippen LogP contribution in [-0.4, -0.2) is 38.9 Å². The molecule has 0 saturated heterocycles. The van der Waals surface area contributed by atoms with Crippen LogP contribution in [0.15, 0.2) is 101 Å². The highest BCUT2D eigenvalue weighted by atomic mass is 32.2. The predicted molar refractivity (Wildman–Crippen MR) is 140 cm³/mol. The van der Waals surface area contributed by atoms with E-state index in [0.717, 1.165) is 22.5 Å². The van der Waals surface area contributed by atoms with Crippen molar-refractivity contribution in [3.63, 3.8) is 0 Å². The fraction of sp³-hybridized carbons (Fsp3) is 0.172. The van der Waals surface area contributed by atoms with E-state index in [1.165, 1.54) is 19.2 Å². The molecule has 0 spiro atoms. The molecule has 1 aliphatic heterocycles. The largest absolute Gasteiger partial charge is 0.465 e. The molecule has 0 amide bonds. The molecule has 8 heteroatoms. The van der Waals surface area contributed by atoms with E-state index in [2.05, 4.69) is 0 Å². The normalized spacial score (nSPS) is 15.7. The smallest absolute Gasteiger partial charge is 0.356 e. The fourth-order valence-corrected chi connectivity index (χ4v) is 5.83. The number of carbonyl (C=O) groups excluding carboxylic acids is 2. The zero-order valence-corrected chi connectivity index (χ0v) is 21.8. The number of hydrogen-bond acceptors (Lipinski definition) is 6. The SMILES string of the molecule is COC(=O)C1=C(C(=O)OC)N(S(=O)(=O)c2ccc(C)cc2)C(c2ccc(C)cc2)C=C1c1ccccc1. The lowest BCUT2D eigenvalue weighted by molar-refractivity contribution is -0.140. The summed E-state index contributed by atoms with van der Waals surface area (Å²) < 4.78 is 39.4. The number of nitrogens with zero attached hydrogens (tertiary/aromatic N) is 1. The van der Waals surface area contributed by atoms with Crippen molar-refractivity contribution in [1.29, 1.82) is 0 Å². The third-order valence-electron chi connectivity index (χ3n) is 6.15. The van der Waals surface area contributed by atoms with Crippen LogP contribution < -0.4 is 0 Å². The number of benzene rings is 3. The van der Waals surface area contributed by atoms with Gasteiger partial charge < -0.3 is 9.47 Å². The van der Waals surface area contributed by atoms with E-state index in [1.54, 1.807) is 54.6 Å². The molecule has 1 heterocycles. The van der Waals surface area contributed by atoms with Gasteiger partial charge in [-0.2, -0.15) is 0 Å². The van der Waals surface area contributed by atoms with Gasteiger partial charge in [-0.1, -0.05) is 77.9 Å². The van der Waals surface area contributed by atoms with Crippen molar-refractivity contribution >= 4 is 27.5 Å². The van der Waals surface area contributed by atoms with Gasteiger partial charge in [-0.15, -0.1) is 0 Å². The van der Waals surface area contributed by atoms with Crippen LogP contribution in [-0.2, 0) is 29.1 Å². The van der Waals surface area contributed by atoms with E-state index < -0.39 is 33.7 Å². The lowest BCUT2D eigenvalue weighted by Gasteiger charge is -2.37. The first kappa shape index (κ1) is 25.9. The summed E-state index contributed by atoms with van der Waals surface area (Å²) in [6.45, 7) is 3.77. The Morgan fingerprint density at radius 1 is 0.757 bits per heavy atom. The van der Waals surface area contributed by atoms with Crippen molar-refractivity contribution in [2.45, 2.75) is 24.8 Å². The zero-order chi connectivity index (χ0) is 26.7. The third-order valence-corrected chi connectivity index (χ3v) is 7.95. The number of ether oxygens (including phenoxy) is 2. The molecular formula is C29H27NO6S. The summed E-state index contributed by atoms with van der Waals surface area (Å²) in [6.07, 6.45) is 1.67. The summed E-state index contributed by atoms with van der Waals surface area (Å²) in [5.74, 6) is -1.84. The van der Waals surface area contributed by atoms with E-state index in [4.69, 9.17) is 9.47 Å². The summed E-state index contributed by atoms with van der Waals surface area (Å²) in [6, 6.07) is 21.6. The van der Waals surface area contributed by atoms with Gasteiger partial charge in [0.05, 0.1) is 30.7 Å². The average molecular weight is 518 g/mol. The molecular weight excluding hydrogens is 490 g/mol. The van der Waals surface area contributed by atoms with Crippen molar-refractivity contribution in [2.24, 2.45) is 0 Å². The van der Waals surface area contributed by atoms with Crippen molar-refractivity contribution in [3.8, 4) is 0 Å². The van der Waals surface area contributed by atoms with E-state index in [9.17, 15) is 18.0 Å². The highest BCUT2D eigenvalue weighted by Crippen LogP contribution is 2.44. The van der Waals surface area contributed by atoms with E-state index in [-0.39, 0.29) is 10.5 Å². The first-order valence-corrected chi connectivity index (χ1v) is 13.0. The molecule has 1 unspecified atom stereocenters. The molecule has 0 bridgehead atoms. The van der Waals surface area contributed by atoms with Gasteiger partial charge in [0.15, 0.2) is 5.70 Å². The number of hydrogen-bond donors (Lipinski definition) is 0. The Balaban J connectivity index is 2.10. The van der Waals surface area contributed by atoms with Crippen LogP contribution in [0.2, 0.25) is 0 Å². The minimum Gasteiger partial charge on any atom is -0.465 e. The number of carbonyl (C=O) groups is 2. The molecule has 3 aromatic rings. The molecule has 4 rings (SSSR count). The predicted octanol–water partition coefficient (Wildman–Crippen LogP) is 4.73. The summed E-state index contributed by atoms with van der Waals surface area (Å²) in [7, 11) is -2.03. The minimum absolute atomic E-state index is 0.0302. The van der Waals surface area contributed by atoms with E-state index in [0.29, 0.717) is 16.7 Å². The van der Waals surface area contributed by atoms with Crippen LogP contribution in [0.5, 0.6) is 0 Å². The monoisotopic (exact) mass is 517 g/mol. The number of methoxy groups -OCH3 is 2. The van der Waals surface area contributed by atoms with E-state index in [1.807, 2.05) is 32.0 Å². The van der Waals surface area contributed by atoms with Crippen molar-refractivity contribution < 1.29 is 27.5 Å². The maximum Gasteiger partial charge on any atom is 0.356 e. The Bertz CT molecular complexity index is 1490. The van der Waals surface area contributed by atoms with Gasteiger partial charge in [-0.05, 0) is 48.8 Å². The molecule has 1 atom stereocenters. The molecule has 0 aliphatic carbocycles. The number of aryl methyl sites for hydroxylation is 2. The lowest BCUT2D eigenvalue weighted by atomic mass is 9.88. The molecule has 7 nitrogen and oxygen atoms in total. The molecule has 0 fully saturated rings. The molecule has 190 valence electrons. The highest BCUT2D eigenvalue weighted by Gasteiger charge is 2.44. The van der Waals surface area contributed by atoms with Crippen LogP contribution in [0.1, 0.15) is 28.3 Å². The number of sulfonamides is 1. The molecule has 0 radical (unpaired) electrons. The average Bonchev–Trinajstić information content (AvgIpc) is 2.92. The van der Waals surface area contributed by atoms with Gasteiger partial charge in [-0.25, -0.2) is 22.3 Å². The third kappa shape index (κ3) is 4.93. The van der Waals surface area contributed by atoms with Crippen molar-refractivity contribution in [3.05, 3.63) is 118 Å². The second-order valence-electron chi connectivity index (χ2n) is 8.62. The van der Waals surface area contributed by atoms with Gasteiger partial charge in [-0.3, -0.25) is 0 Å². The Hall–Kier alpha value is -4.17. The topological polar surface area (TPSA) is 90.0 Å². The quantitative estimate of drug-likeness (QED) is 0.439. The molecule has 0 aromatic heterocycles. The van der Waals surface area contributed by atoms with Gasteiger partial charge in [0.25, 0.3) is 10.0 Å². The van der Waals surface area contributed by atoms with Crippen molar-refractivity contribution in [1.82, 2.24) is 4.31 Å². The van der Waals surface area contributed by atoms with Crippen LogP contribution in [0.4, 0.5) is 0 Å². The van der Waals surface area contributed by atoms with Crippen LogP contribution in [0.25, 0.3) is 5.57 Å². The van der Waals surface area contributed by atoms with Gasteiger partial charge >= 0.3 is 11.9 Å². The summed E-state index contributed by atoms with van der Waals surface area (Å²) in [4.78, 5) is 26.5. The fourth-order valence-electron chi connectivity index (χ4n) is 4.23. The number of esters is 2. The van der Waals surface area contributed by atoms with E-state index >= 15 is 0 Å². The highest BCUT2D eigenvalue weighted by molar-refractivity contribution is 7.89. The van der Waals surface area contributed by atoms with Gasteiger partial charge in [0, 0.05) is 0 Å². The zero-order valence-electron chi connectivity index (χ0n) is 21.0. The molecule has 0 saturated carbocycles. The number of rotatable bonds is 6. The second kappa shape index (κ2) is 10.4. The summed E-state index contributed by atoms with van der Waals surface area (Å²) >= 11 is 0. The van der Waals surface area contributed by atoms with Gasteiger partial charge in [0.2, 0.25) is 0 Å². The molecule has 3 aromatic carbocycles. The van der Waals surface area contributed by atoms with Crippen LogP contribution in [0, 0.1) is 13.8 Å².